The van der Waals surface area contributed by atoms with Gasteiger partial charge in [0, 0.05) is 0 Å². The van der Waals surface area contributed by atoms with Crippen LogP contribution in [0.3, 0.4) is 0 Å². The molecule has 0 aromatic heterocycles. The fourth-order valence-corrected chi connectivity index (χ4v) is 1.16. The summed E-state index contributed by atoms with van der Waals surface area (Å²) >= 11 is 0. The lowest BCUT2D eigenvalue weighted by molar-refractivity contribution is 0.560. The van der Waals surface area contributed by atoms with Crippen LogP contribution < -0.4 is 0 Å². The second kappa shape index (κ2) is 20.6. The van der Waals surface area contributed by atoms with Crippen molar-refractivity contribution in [2.45, 2.75) is 68.2 Å². The summed E-state index contributed by atoms with van der Waals surface area (Å²) in [4.78, 5) is 0. The third-order valence-corrected chi connectivity index (χ3v) is 2.12. The Bertz CT molecular complexity index is 188. The maximum Gasteiger partial charge on any atom is -0.0253 e. The minimum Gasteiger partial charge on any atom is -0.0683 e. The van der Waals surface area contributed by atoms with Crippen molar-refractivity contribution in [3.8, 4) is 0 Å². The van der Waals surface area contributed by atoms with Gasteiger partial charge in [0.25, 0.3) is 0 Å². The molecule has 0 N–H and O–H groups in total. The van der Waals surface area contributed by atoms with Crippen molar-refractivity contribution >= 4 is 0 Å². The van der Waals surface area contributed by atoms with E-state index in [1.165, 1.54) is 18.4 Å². The van der Waals surface area contributed by atoms with Crippen LogP contribution >= 0.6 is 0 Å². The van der Waals surface area contributed by atoms with Crippen molar-refractivity contribution in [3.05, 3.63) is 35.9 Å². The van der Waals surface area contributed by atoms with Gasteiger partial charge in [-0.15, -0.1) is 0 Å². The van der Waals surface area contributed by atoms with Crippen molar-refractivity contribution in [1.82, 2.24) is 0 Å². The summed E-state index contributed by atoms with van der Waals surface area (Å²) in [6.07, 6.45) is 2.49. The van der Waals surface area contributed by atoms with E-state index >= 15 is 0 Å². The van der Waals surface area contributed by atoms with Gasteiger partial charge in [-0.3, -0.25) is 0 Å². The van der Waals surface area contributed by atoms with E-state index < -0.39 is 0 Å². The summed E-state index contributed by atoms with van der Waals surface area (Å²) in [7, 11) is 0. The van der Waals surface area contributed by atoms with Crippen molar-refractivity contribution in [2.75, 3.05) is 0 Å². The molecule has 1 aromatic carbocycles. The van der Waals surface area contributed by atoms with Crippen LogP contribution in [0.4, 0.5) is 0 Å². The van der Waals surface area contributed by atoms with Gasteiger partial charge in [-0.05, 0) is 17.9 Å². The summed E-state index contributed by atoms with van der Waals surface area (Å²) in [5.41, 5.74) is 1.46. The molecule has 0 fully saturated rings. The molecule has 102 valence electrons. The minimum atomic E-state index is 0.817. The molecule has 0 spiro atoms. The maximum absolute atomic E-state index is 2.30. The van der Waals surface area contributed by atoms with Crippen LogP contribution in [-0.4, -0.2) is 0 Å². The van der Waals surface area contributed by atoms with Gasteiger partial charge >= 0.3 is 0 Å². The SMILES string of the molecule is CC.CC.CC.CCC(C)Cc1ccccc1. The highest BCUT2D eigenvalue weighted by atomic mass is 14.0. The summed E-state index contributed by atoms with van der Waals surface area (Å²) < 4.78 is 0. The smallest absolute Gasteiger partial charge is 0.0253 e. The lowest BCUT2D eigenvalue weighted by Gasteiger charge is -2.06. The summed E-state index contributed by atoms with van der Waals surface area (Å²) in [5.74, 6) is 0.817. The van der Waals surface area contributed by atoms with E-state index in [1.54, 1.807) is 0 Å². The van der Waals surface area contributed by atoms with Gasteiger partial charge in [0.1, 0.15) is 0 Å². The normalized spacial score (nSPS) is 9.41. The van der Waals surface area contributed by atoms with Crippen molar-refractivity contribution in [2.24, 2.45) is 5.92 Å². The predicted octanol–water partition coefficient (Wildman–Crippen LogP) is 6.35. The van der Waals surface area contributed by atoms with Crippen molar-refractivity contribution in [1.29, 1.82) is 0 Å². The van der Waals surface area contributed by atoms with Gasteiger partial charge in [0.15, 0.2) is 0 Å². The highest BCUT2D eigenvalue weighted by Gasteiger charge is 1.98. The van der Waals surface area contributed by atoms with E-state index in [4.69, 9.17) is 0 Å². The van der Waals surface area contributed by atoms with E-state index in [2.05, 4.69) is 44.2 Å². The number of benzene rings is 1. The molecule has 0 radical (unpaired) electrons. The van der Waals surface area contributed by atoms with Gasteiger partial charge in [0.2, 0.25) is 0 Å². The Balaban J connectivity index is -0.000000285. The van der Waals surface area contributed by atoms with Gasteiger partial charge in [0.05, 0.1) is 0 Å². The minimum absolute atomic E-state index is 0.817. The Morgan fingerprint density at radius 1 is 0.824 bits per heavy atom. The van der Waals surface area contributed by atoms with Gasteiger partial charge in [-0.25, -0.2) is 0 Å². The molecule has 0 bridgehead atoms. The molecule has 1 aromatic rings. The zero-order valence-electron chi connectivity index (χ0n) is 13.4. The van der Waals surface area contributed by atoms with E-state index in [0.29, 0.717) is 0 Å². The summed E-state index contributed by atoms with van der Waals surface area (Å²) in [6, 6.07) is 10.7. The fraction of sp³-hybridized carbons (Fsp3) is 0.647. The highest BCUT2D eigenvalue weighted by Crippen LogP contribution is 2.10. The van der Waals surface area contributed by atoms with Crippen LogP contribution in [0.5, 0.6) is 0 Å². The molecule has 0 aliphatic heterocycles. The molecule has 0 aliphatic carbocycles. The molecule has 0 heterocycles. The topological polar surface area (TPSA) is 0 Å². The lowest BCUT2D eigenvalue weighted by Crippen LogP contribution is -1.96. The third kappa shape index (κ3) is 15.2. The predicted molar refractivity (Wildman–Crippen MR) is 83.6 cm³/mol. The molecule has 1 atom stereocenters. The molecule has 0 heteroatoms. The molecule has 1 rings (SSSR count). The van der Waals surface area contributed by atoms with Crippen molar-refractivity contribution in [3.63, 3.8) is 0 Å². The van der Waals surface area contributed by atoms with Gasteiger partial charge in [-0.2, -0.15) is 0 Å². The van der Waals surface area contributed by atoms with Gasteiger partial charge in [-0.1, -0.05) is 92.1 Å². The molecule has 1 unspecified atom stereocenters. The number of hydrogen-bond donors (Lipinski definition) is 0. The lowest BCUT2D eigenvalue weighted by atomic mass is 9.99. The van der Waals surface area contributed by atoms with Crippen LogP contribution in [0.25, 0.3) is 0 Å². The Labute approximate surface area is 110 Å². The first-order valence-electron chi connectivity index (χ1n) is 7.37. The fourth-order valence-electron chi connectivity index (χ4n) is 1.16. The Morgan fingerprint density at radius 3 is 1.59 bits per heavy atom. The Kier molecular flexibility index (Phi) is 26.1. The Morgan fingerprint density at radius 2 is 1.24 bits per heavy atom. The zero-order chi connectivity index (χ0) is 14.1. The molecule has 0 saturated heterocycles. The standard InChI is InChI=1S/C11H16.3C2H6/c1-3-10(2)9-11-7-5-4-6-8-11;3*1-2/h4-8,10H,3,9H2,1-2H3;3*1-2H3. The molecule has 0 amide bonds. The van der Waals surface area contributed by atoms with E-state index in [-0.39, 0.29) is 0 Å². The van der Waals surface area contributed by atoms with E-state index in [9.17, 15) is 0 Å². The van der Waals surface area contributed by atoms with Crippen molar-refractivity contribution < 1.29 is 0 Å². The molecule has 0 nitrogen and oxygen atoms in total. The van der Waals surface area contributed by atoms with E-state index in [1.807, 2.05) is 41.5 Å². The number of rotatable bonds is 3. The molecular weight excluding hydrogens is 204 g/mol. The highest BCUT2D eigenvalue weighted by molar-refractivity contribution is 5.14. The van der Waals surface area contributed by atoms with Crippen LogP contribution in [0.2, 0.25) is 0 Å². The van der Waals surface area contributed by atoms with Crippen LogP contribution in [-0.2, 0) is 6.42 Å². The maximum atomic E-state index is 2.30. The average molecular weight is 238 g/mol. The van der Waals surface area contributed by atoms with Gasteiger partial charge < -0.3 is 0 Å². The molecule has 17 heavy (non-hydrogen) atoms. The van der Waals surface area contributed by atoms with Crippen LogP contribution in [0.15, 0.2) is 30.3 Å². The Hall–Kier alpha value is -0.780. The van der Waals surface area contributed by atoms with E-state index in [0.717, 1.165) is 5.92 Å². The average Bonchev–Trinajstić information content (AvgIpc) is 2.46. The largest absolute Gasteiger partial charge is 0.0683 e. The first-order valence-corrected chi connectivity index (χ1v) is 7.37. The first-order chi connectivity index (χ1) is 8.33. The number of hydrogen-bond acceptors (Lipinski definition) is 0. The second-order valence-electron chi connectivity index (χ2n) is 3.20. The quantitative estimate of drug-likeness (QED) is 0.575. The zero-order valence-corrected chi connectivity index (χ0v) is 13.4. The second-order valence-corrected chi connectivity index (χ2v) is 3.20. The molecular formula is C17H34. The summed E-state index contributed by atoms with van der Waals surface area (Å²) in [6.45, 7) is 16.5. The van der Waals surface area contributed by atoms with Crippen LogP contribution in [0, 0.1) is 5.92 Å². The summed E-state index contributed by atoms with van der Waals surface area (Å²) in [5, 5.41) is 0. The monoisotopic (exact) mass is 238 g/mol. The first kappa shape index (κ1) is 21.5. The van der Waals surface area contributed by atoms with Crippen LogP contribution in [0.1, 0.15) is 67.4 Å². The molecule has 0 saturated carbocycles. The third-order valence-electron chi connectivity index (χ3n) is 2.12. The molecule has 0 aliphatic rings.